The van der Waals surface area contributed by atoms with Gasteiger partial charge in [0, 0.05) is 20.1 Å². The summed E-state index contributed by atoms with van der Waals surface area (Å²) in [6.45, 7) is 2.52. The Hall–Kier alpha value is -2.45. The zero-order chi connectivity index (χ0) is 14.0. The van der Waals surface area contributed by atoms with E-state index in [4.69, 9.17) is 0 Å². The maximum Gasteiger partial charge on any atom is 0.332 e. The molecule has 1 amide bonds. The first-order valence-corrected chi connectivity index (χ1v) is 5.75. The van der Waals surface area contributed by atoms with E-state index >= 15 is 0 Å². The molecule has 1 aromatic rings. The van der Waals surface area contributed by atoms with Gasteiger partial charge < -0.3 is 15.5 Å². The summed E-state index contributed by atoms with van der Waals surface area (Å²) in [6.07, 6.45) is 0. The SMILES string of the molecule is CNc1nc(C)c([N+](=O)[O-])c(N2CCNC(=O)C2)n1. The van der Waals surface area contributed by atoms with Crippen LogP contribution in [0.3, 0.4) is 0 Å². The van der Waals surface area contributed by atoms with Crippen LogP contribution >= 0.6 is 0 Å². The number of amides is 1. The molecule has 1 aliphatic heterocycles. The molecule has 2 N–H and O–H groups in total. The maximum atomic E-state index is 11.4. The molecule has 0 saturated carbocycles. The third-order valence-corrected chi connectivity index (χ3v) is 2.78. The van der Waals surface area contributed by atoms with Crippen molar-refractivity contribution < 1.29 is 9.72 Å². The van der Waals surface area contributed by atoms with Crippen molar-refractivity contribution in [2.24, 2.45) is 0 Å². The van der Waals surface area contributed by atoms with Crippen LogP contribution in [-0.2, 0) is 4.79 Å². The largest absolute Gasteiger partial charge is 0.357 e. The molecule has 102 valence electrons. The highest BCUT2D eigenvalue weighted by Crippen LogP contribution is 2.29. The Morgan fingerprint density at radius 1 is 1.47 bits per heavy atom. The summed E-state index contributed by atoms with van der Waals surface area (Å²) in [5.74, 6) is 0.295. The molecule has 2 rings (SSSR count). The van der Waals surface area contributed by atoms with Crippen LogP contribution in [0.25, 0.3) is 0 Å². The van der Waals surface area contributed by atoms with Crippen molar-refractivity contribution in [3.8, 4) is 0 Å². The number of aromatic nitrogens is 2. The Morgan fingerprint density at radius 2 is 2.21 bits per heavy atom. The minimum absolute atomic E-state index is 0.0560. The predicted octanol–water partition coefficient (Wildman–Crippen LogP) is -0.329. The van der Waals surface area contributed by atoms with Crippen LogP contribution in [-0.4, -0.2) is 47.5 Å². The van der Waals surface area contributed by atoms with E-state index in [1.807, 2.05) is 0 Å². The predicted molar refractivity (Wildman–Crippen MR) is 68.2 cm³/mol. The highest BCUT2D eigenvalue weighted by Gasteiger charge is 2.29. The second-order valence-corrected chi connectivity index (χ2v) is 4.08. The maximum absolute atomic E-state index is 11.4. The molecule has 0 bridgehead atoms. The topological polar surface area (TPSA) is 113 Å². The Balaban J connectivity index is 2.49. The van der Waals surface area contributed by atoms with E-state index in [1.165, 1.54) is 0 Å². The van der Waals surface area contributed by atoms with Gasteiger partial charge >= 0.3 is 5.69 Å². The Morgan fingerprint density at radius 3 is 2.79 bits per heavy atom. The van der Waals surface area contributed by atoms with Gasteiger partial charge in [-0.15, -0.1) is 0 Å². The number of aryl methyl sites for hydroxylation is 1. The zero-order valence-electron chi connectivity index (χ0n) is 10.6. The Bertz CT molecular complexity index is 532. The fourth-order valence-electron chi connectivity index (χ4n) is 1.92. The molecule has 0 spiro atoms. The third kappa shape index (κ3) is 2.54. The number of nitrogens with zero attached hydrogens (tertiary/aromatic N) is 4. The monoisotopic (exact) mass is 266 g/mol. The summed E-state index contributed by atoms with van der Waals surface area (Å²) >= 11 is 0. The van der Waals surface area contributed by atoms with Gasteiger partial charge in [-0.25, -0.2) is 4.98 Å². The zero-order valence-corrected chi connectivity index (χ0v) is 10.6. The molecular weight excluding hydrogens is 252 g/mol. The van der Waals surface area contributed by atoms with Crippen molar-refractivity contribution in [3.63, 3.8) is 0 Å². The molecule has 0 aromatic carbocycles. The molecule has 19 heavy (non-hydrogen) atoms. The number of nitrogens with one attached hydrogen (secondary N) is 2. The first kappa shape index (κ1) is 13.0. The normalized spacial score (nSPS) is 15.1. The lowest BCUT2D eigenvalue weighted by molar-refractivity contribution is -0.385. The number of carbonyl (C=O) groups is 1. The van der Waals surface area contributed by atoms with Crippen LogP contribution in [0.2, 0.25) is 0 Å². The van der Waals surface area contributed by atoms with Crippen molar-refractivity contribution in [1.82, 2.24) is 15.3 Å². The highest BCUT2D eigenvalue weighted by molar-refractivity contribution is 5.83. The summed E-state index contributed by atoms with van der Waals surface area (Å²) in [4.78, 5) is 31.7. The molecule has 1 aliphatic rings. The summed E-state index contributed by atoms with van der Waals surface area (Å²) in [5, 5.41) is 16.6. The van der Waals surface area contributed by atoms with Gasteiger partial charge in [-0.2, -0.15) is 4.98 Å². The molecule has 9 heteroatoms. The molecule has 0 unspecified atom stereocenters. The van der Waals surface area contributed by atoms with Crippen molar-refractivity contribution in [2.75, 3.05) is 36.9 Å². The third-order valence-electron chi connectivity index (χ3n) is 2.78. The molecule has 0 aliphatic carbocycles. The highest BCUT2D eigenvalue weighted by atomic mass is 16.6. The van der Waals surface area contributed by atoms with Gasteiger partial charge in [0.1, 0.15) is 5.69 Å². The van der Waals surface area contributed by atoms with Gasteiger partial charge in [0.2, 0.25) is 17.7 Å². The second kappa shape index (κ2) is 5.04. The van der Waals surface area contributed by atoms with Gasteiger partial charge in [-0.3, -0.25) is 14.9 Å². The summed E-state index contributed by atoms with van der Waals surface area (Å²) in [6, 6.07) is 0. The Kier molecular flexibility index (Phi) is 3.45. The fourth-order valence-corrected chi connectivity index (χ4v) is 1.92. The number of nitro groups is 1. The molecule has 1 aromatic heterocycles. The van der Waals surface area contributed by atoms with E-state index in [1.54, 1.807) is 18.9 Å². The fraction of sp³-hybridized carbons (Fsp3) is 0.500. The average molecular weight is 266 g/mol. The summed E-state index contributed by atoms with van der Waals surface area (Å²) in [5.41, 5.74) is 0.110. The molecular formula is C10H14N6O3. The van der Waals surface area contributed by atoms with Crippen molar-refractivity contribution >= 4 is 23.4 Å². The quantitative estimate of drug-likeness (QED) is 0.568. The number of hydrogen-bond donors (Lipinski definition) is 2. The molecule has 9 nitrogen and oxygen atoms in total. The van der Waals surface area contributed by atoms with E-state index in [9.17, 15) is 14.9 Å². The Labute approximate surface area is 109 Å². The van der Waals surface area contributed by atoms with E-state index in [0.717, 1.165) is 0 Å². The van der Waals surface area contributed by atoms with Crippen LogP contribution in [0, 0.1) is 17.0 Å². The van der Waals surface area contributed by atoms with Gasteiger partial charge in [0.15, 0.2) is 0 Å². The minimum Gasteiger partial charge on any atom is -0.357 e. The lowest BCUT2D eigenvalue weighted by atomic mass is 10.3. The molecule has 1 saturated heterocycles. The number of carbonyl (C=O) groups excluding carboxylic acids is 1. The van der Waals surface area contributed by atoms with E-state index in [0.29, 0.717) is 19.0 Å². The lowest BCUT2D eigenvalue weighted by Gasteiger charge is -2.27. The van der Waals surface area contributed by atoms with Crippen LogP contribution in [0.5, 0.6) is 0 Å². The average Bonchev–Trinajstić information content (AvgIpc) is 2.37. The first-order chi connectivity index (χ1) is 9.02. The molecule has 0 atom stereocenters. The molecule has 1 fully saturated rings. The minimum atomic E-state index is -0.517. The number of anilines is 2. The van der Waals surface area contributed by atoms with Gasteiger partial charge in [-0.05, 0) is 6.92 Å². The number of rotatable bonds is 3. The number of piperazine rings is 1. The molecule has 2 heterocycles. The van der Waals surface area contributed by atoms with Gasteiger partial charge in [0.25, 0.3) is 0 Å². The first-order valence-electron chi connectivity index (χ1n) is 5.75. The van der Waals surface area contributed by atoms with Crippen molar-refractivity contribution in [3.05, 3.63) is 15.8 Å². The van der Waals surface area contributed by atoms with Crippen LogP contribution in [0.15, 0.2) is 0 Å². The van der Waals surface area contributed by atoms with Crippen molar-refractivity contribution in [1.29, 1.82) is 0 Å². The summed E-state index contributed by atoms with van der Waals surface area (Å²) < 4.78 is 0. The van der Waals surface area contributed by atoms with E-state index < -0.39 is 4.92 Å². The van der Waals surface area contributed by atoms with Crippen LogP contribution < -0.4 is 15.5 Å². The van der Waals surface area contributed by atoms with Crippen LogP contribution in [0.1, 0.15) is 5.69 Å². The summed E-state index contributed by atoms with van der Waals surface area (Å²) in [7, 11) is 1.63. The van der Waals surface area contributed by atoms with E-state index in [2.05, 4.69) is 20.6 Å². The molecule has 0 radical (unpaired) electrons. The van der Waals surface area contributed by atoms with E-state index in [-0.39, 0.29) is 29.7 Å². The number of hydrogen-bond acceptors (Lipinski definition) is 7. The second-order valence-electron chi connectivity index (χ2n) is 4.08. The van der Waals surface area contributed by atoms with Gasteiger partial charge in [0.05, 0.1) is 11.5 Å². The standard InChI is InChI=1S/C10H14N6O3/c1-6-8(16(18)19)9(14-10(11-2)13-6)15-4-3-12-7(17)5-15/h3-5H2,1-2H3,(H,12,17)(H,11,13,14). The van der Waals surface area contributed by atoms with Crippen molar-refractivity contribution in [2.45, 2.75) is 6.92 Å². The van der Waals surface area contributed by atoms with Gasteiger partial charge in [-0.1, -0.05) is 0 Å². The lowest BCUT2D eigenvalue weighted by Crippen LogP contribution is -2.48. The van der Waals surface area contributed by atoms with Crippen LogP contribution in [0.4, 0.5) is 17.5 Å². The smallest absolute Gasteiger partial charge is 0.332 e.